The van der Waals surface area contributed by atoms with Crippen molar-refractivity contribution in [1.82, 2.24) is 5.32 Å². The lowest BCUT2D eigenvalue weighted by molar-refractivity contribution is -0.152. The molecular formula is C11H19NO3. The van der Waals surface area contributed by atoms with Gasteiger partial charge in [-0.2, -0.15) is 0 Å². The molecule has 2 heterocycles. The SMILES string of the molecule is C[C@@H]1CNC[C@H]1C(=O)OCC1CCCO1. The van der Waals surface area contributed by atoms with E-state index in [1.165, 1.54) is 0 Å². The van der Waals surface area contributed by atoms with Gasteiger partial charge in [0.05, 0.1) is 12.0 Å². The molecule has 2 rings (SSSR count). The number of ether oxygens (including phenoxy) is 2. The Balaban J connectivity index is 1.71. The predicted octanol–water partition coefficient (Wildman–Crippen LogP) is 0.564. The van der Waals surface area contributed by atoms with E-state index in [0.717, 1.165) is 32.5 Å². The number of carbonyl (C=O) groups is 1. The minimum Gasteiger partial charge on any atom is -0.463 e. The average molecular weight is 213 g/mol. The molecule has 3 atom stereocenters. The Kier molecular flexibility index (Phi) is 3.59. The number of hydrogen-bond donors (Lipinski definition) is 1. The van der Waals surface area contributed by atoms with Crippen LogP contribution in [-0.2, 0) is 14.3 Å². The molecular weight excluding hydrogens is 194 g/mol. The van der Waals surface area contributed by atoms with Crippen molar-refractivity contribution in [2.45, 2.75) is 25.9 Å². The van der Waals surface area contributed by atoms with Gasteiger partial charge in [-0.1, -0.05) is 6.92 Å². The van der Waals surface area contributed by atoms with Gasteiger partial charge in [0.1, 0.15) is 6.61 Å². The van der Waals surface area contributed by atoms with Crippen molar-refractivity contribution in [2.75, 3.05) is 26.3 Å². The zero-order valence-corrected chi connectivity index (χ0v) is 9.20. The van der Waals surface area contributed by atoms with E-state index in [1.807, 2.05) is 0 Å². The molecule has 0 aliphatic carbocycles. The van der Waals surface area contributed by atoms with Gasteiger partial charge < -0.3 is 14.8 Å². The molecule has 2 fully saturated rings. The molecule has 0 bridgehead atoms. The van der Waals surface area contributed by atoms with Crippen molar-refractivity contribution in [2.24, 2.45) is 11.8 Å². The number of carbonyl (C=O) groups excluding carboxylic acids is 1. The van der Waals surface area contributed by atoms with Gasteiger partial charge in [0.2, 0.25) is 0 Å². The van der Waals surface area contributed by atoms with E-state index in [0.29, 0.717) is 12.5 Å². The maximum atomic E-state index is 11.7. The van der Waals surface area contributed by atoms with Crippen LogP contribution in [0.3, 0.4) is 0 Å². The van der Waals surface area contributed by atoms with Crippen LogP contribution in [0.15, 0.2) is 0 Å². The van der Waals surface area contributed by atoms with Gasteiger partial charge in [0.15, 0.2) is 0 Å². The van der Waals surface area contributed by atoms with Gasteiger partial charge in [0.25, 0.3) is 0 Å². The summed E-state index contributed by atoms with van der Waals surface area (Å²) in [6.07, 6.45) is 2.24. The highest BCUT2D eigenvalue weighted by Gasteiger charge is 2.31. The summed E-state index contributed by atoms with van der Waals surface area (Å²) in [6, 6.07) is 0. The Morgan fingerprint density at radius 2 is 2.40 bits per heavy atom. The van der Waals surface area contributed by atoms with E-state index in [-0.39, 0.29) is 18.0 Å². The Hall–Kier alpha value is -0.610. The third-order valence-corrected chi connectivity index (χ3v) is 3.26. The van der Waals surface area contributed by atoms with Crippen LogP contribution in [0.5, 0.6) is 0 Å². The highest BCUT2D eigenvalue weighted by Crippen LogP contribution is 2.18. The molecule has 2 saturated heterocycles. The molecule has 0 spiro atoms. The Bertz CT molecular complexity index is 226. The smallest absolute Gasteiger partial charge is 0.310 e. The molecule has 0 amide bonds. The summed E-state index contributed by atoms with van der Waals surface area (Å²) in [6.45, 7) is 4.99. The van der Waals surface area contributed by atoms with Gasteiger partial charge in [-0.25, -0.2) is 0 Å². The minimum atomic E-state index is -0.0667. The Labute approximate surface area is 90.3 Å². The van der Waals surface area contributed by atoms with Crippen molar-refractivity contribution in [1.29, 1.82) is 0 Å². The maximum Gasteiger partial charge on any atom is 0.310 e. The average Bonchev–Trinajstić information content (AvgIpc) is 2.84. The lowest BCUT2D eigenvalue weighted by Gasteiger charge is -2.15. The van der Waals surface area contributed by atoms with Crippen LogP contribution in [0, 0.1) is 11.8 Å². The molecule has 0 aromatic heterocycles. The monoisotopic (exact) mass is 213 g/mol. The van der Waals surface area contributed by atoms with Crippen LogP contribution in [0.4, 0.5) is 0 Å². The lowest BCUT2D eigenvalue weighted by Crippen LogP contribution is -2.27. The number of nitrogens with one attached hydrogen (secondary N) is 1. The summed E-state index contributed by atoms with van der Waals surface area (Å²) >= 11 is 0. The topological polar surface area (TPSA) is 47.6 Å². The highest BCUT2D eigenvalue weighted by molar-refractivity contribution is 5.73. The summed E-state index contributed by atoms with van der Waals surface area (Å²) in [4.78, 5) is 11.7. The van der Waals surface area contributed by atoms with Gasteiger partial charge >= 0.3 is 5.97 Å². The summed E-state index contributed by atoms with van der Waals surface area (Å²) in [5.41, 5.74) is 0. The Morgan fingerprint density at radius 3 is 3.00 bits per heavy atom. The van der Waals surface area contributed by atoms with Crippen LogP contribution >= 0.6 is 0 Å². The second-order valence-electron chi connectivity index (χ2n) is 4.51. The third kappa shape index (κ3) is 2.69. The van der Waals surface area contributed by atoms with E-state index in [4.69, 9.17) is 9.47 Å². The zero-order chi connectivity index (χ0) is 10.7. The second kappa shape index (κ2) is 4.94. The molecule has 2 aliphatic heterocycles. The highest BCUT2D eigenvalue weighted by atomic mass is 16.6. The maximum absolute atomic E-state index is 11.7. The third-order valence-electron chi connectivity index (χ3n) is 3.26. The van der Waals surface area contributed by atoms with E-state index in [2.05, 4.69) is 12.2 Å². The molecule has 0 aromatic rings. The summed E-state index contributed by atoms with van der Waals surface area (Å²) in [5, 5.41) is 3.20. The van der Waals surface area contributed by atoms with Gasteiger partial charge in [-0.3, -0.25) is 4.79 Å². The van der Waals surface area contributed by atoms with E-state index < -0.39 is 0 Å². The van der Waals surface area contributed by atoms with E-state index in [9.17, 15) is 4.79 Å². The van der Waals surface area contributed by atoms with E-state index >= 15 is 0 Å². The first kappa shape index (κ1) is 10.9. The van der Waals surface area contributed by atoms with E-state index in [1.54, 1.807) is 0 Å². The molecule has 15 heavy (non-hydrogen) atoms. The standard InChI is InChI=1S/C11H19NO3/c1-8-5-12-6-10(8)11(13)15-7-9-3-2-4-14-9/h8-10,12H,2-7H2,1H3/t8-,9?,10-/m1/s1. The molecule has 0 saturated carbocycles. The van der Waals surface area contributed by atoms with Crippen LogP contribution in [0.2, 0.25) is 0 Å². The quantitative estimate of drug-likeness (QED) is 0.696. The van der Waals surface area contributed by atoms with Crippen molar-refractivity contribution >= 4 is 5.97 Å². The molecule has 1 unspecified atom stereocenters. The van der Waals surface area contributed by atoms with Gasteiger partial charge in [0, 0.05) is 13.2 Å². The minimum absolute atomic E-state index is 0.0337. The summed E-state index contributed by atoms with van der Waals surface area (Å²) in [5.74, 6) is 0.358. The molecule has 2 aliphatic rings. The molecule has 4 nitrogen and oxygen atoms in total. The van der Waals surface area contributed by atoms with Gasteiger partial charge in [-0.05, 0) is 25.3 Å². The Morgan fingerprint density at radius 1 is 1.53 bits per heavy atom. The molecule has 0 radical (unpaired) electrons. The number of rotatable bonds is 3. The number of hydrogen-bond acceptors (Lipinski definition) is 4. The molecule has 1 N–H and O–H groups in total. The molecule has 86 valence electrons. The van der Waals surface area contributed by atoms with Crippen LogP contribution in [0.1, 0.15) is 19.8 Å². The number of esters is 1. The van der Waals surface area contributed by atoms with Gasteiger partial charge in [-0.15, -0.1) is 0 Å². The molecule has 4 heteroatoms. The molecule has 0 aromatic carbocycles. The summed E-state index contributed by atoms with van der Waals surface area (Å²) in [7, 11) is 0. The normalized spacial score (nSPS) is 35.7. The first-order valence-corrected chi connectivity index (χ1v) is 5.76. The van der Waals surface area contributed by atoms with Crippen LogP contribution in [-0.4, -0.2) is 38.4 Å². The summed E-state index contributed by atoms with van der Waals surface area (Å²) < 4.78 is 10.7. The van der Waals surface area contributed by atoms with Crippen molar-refractivity contribution in [3.63, 3.8) is 0 Å². The van der Waals surface area contributed by atoms with Crippen molar-refractivity contribution in [3.05, 3.63) is 0 Å². The fourth-order valence-corrected chi connectivity index (χ4v) is 2.18. The first-order chi connectivity index (χ1) is 7.27. The second-order valence-corrected chi connectivity index (χ2v) is 4.51. The first-order valence-electron chi connectivity index (χ1n) is 5.76. The van der Waals surface area contributed by atoms with Crippen LogP contribution in [0.25, 0.3) is 0 Å². The zero-order valence-electron chi connectivity index (χ0n) is 9.20. The van der Waals surface area contributed by atoms with Crippen LogP contribution < -0.4 is 5.32 Å². The lowest BCUT2D eigenvalue weighted by atomic mass is 9.99. The largest absolute Gasteiger partial charge is 0.463 e. The van der Waals surface area contributed by atoms with Crippen molar-refractivity contribution < 1.29 is 14.3 Å². The predicted molar refractivity (Wildman–Crippen MR) is 55.5 cm³/mol. The van der Waals surface area contributed by atoms with Crippen molar-refractivity contribution in [3.8, 4) is 0 Å². The fraction of sp³-hybridized carbons (Fsp3) is 0.909. The fourth-order valence-electron chi connectivity index (χ4n) is 2.18.